The number of aryl methyl sites for hydroxylation is 1. The van der Waals surface area contributed by atoms with Gasteiger partial charge in [-0.15, -0.1) is 0 Å². The first-order valence-corrected chi connectivity index (χ1v) is 5.50. The lowest BCUT2D eigenvalue weighted by molar-refractivity contribution is 0.0255. The molecule has 6 heteroatoms. The molecular formula is C10H13ClN4O. The molecule has 2 heterocycles. The van der Waals surface area contributed by atoms with Crippen LogP contribution in [-0.4, -0.2) is 40.8 Å². The molecule has 1 unspecified atom stereocenters. The van der Waals surface area contributed by atoms with Crippen LogP contribution >= 0.6 is 11.6 Å². The molecule has 1 atom stereocenters. The van der Waals surface area contributed by atoms with Gasteiger partial charge >= 0.3 is 0 Å². The molecule has 0 amide bonds. The summed E-state index contributed by atoms with van der Waals surface area (Å²) in [4.78, 5) is 6.06. The zero-order valence-electron chi connectivity index (χ0n) is 9.06. The summed E-state index contributed by atoms with van der Waals surface area (Å²) in [6, 6.07) is 1.94. The molecule has 1 aliphatic heterocycles. The second-order valence-electron chi connectivity index (χ2n) is 3.71. The molecular weight excluding hydrogens is 228 g/mol. The molecule has 16 heavy (non-hydrogen) atoms. The number of halogens is 1. The molecule has 0 N–H and O–H groups in total. The van der Waals surface area contributed by atoms with E-state index in [1.54, 1.807) is 10.9 Å². The number of nitrogens with zero attached hydrogens (tertiary/aromatic N) is 4. The van der Waals surface area contributed by atoms with Crippen LogP contribution in [0.1, 0.15) is 11.7 Å². The number of hydrogen-bond acceptors (Lipinski definition) is 4. The molecule has 1 saturated heterocycles. The number of hydrogen-bond donors (Lipinski definition) is 0. The van der Waals surface area contributed by atoms with Crippen molar-refractivity contribution in [2.45, 2.75) is 6.04 Å². The van der Waals surface area contributed by atoms with Crippen LogP contribution < -0.4 is 0 Å². The molecule has 1 aromatic heterocycles. The molecule has 2 rings (SSSR count). The van der Waals surface area contributed by atoms with Gasteiger partial charge in [0.25, 0.3) is 0 Å². The first-order chi connectivity index (χ1) is 7.74. The Morgan fingerprint density at radius 3 is 2.75 bits per heavy atom. The summed E-state index contributed by atoms with van der Waals surface area (Å²) in [5.74, 6) is 0. The lowest BCUT2D eigenvalue weighted by Crippen LogP contribution is -2.39. The van der Waals surface area contributed by atoms with Gasteiger partial charge in [-0.1, -0.05) is 11.6 Å². The average Bonchev–Trinajstić information content (AvgIpc) is 2.63. The highest BCUT2D eigenvalue weighted by atomic mass is 35.5. The first-order valence-electron chi connectivity index (χ1n) is 5.12. The Hall–Kier alpha value is -1.09. The Labute approximate surface area is 99.2 Å². The number of rotatable bonds is 2. The van der Waals surface area contributed by atoms with Gasteiger partial charge in [0.2, 0.25) is 0 Å². The topological polar surface area (TPSA) is 54.1 Å². The molecule has 0 aliphatic carbocycles. The second-order valence-corrected chi connectivity index (χ2v) is 4.07. The van der Waals surface area contributed by atoms with Gasteiger partial charge in [-0.2, -0.15) is 5.26 Å². The third-order valence-corrected chi connectivity index (χ3v) is 3.02. The van der Waals surface area contributed by atoms with Crippen LogP contribution in [0, 0.1) is 11.3 Å². The molecule has 0 aromatic carbocycles. The van der Waals surface area contributed by atoms with E-state index in [4.69, 9.17) is 16.3 Å². The Morgan fingerprint density at radius 1 is 1.56 bits per heavy atom. The van der Waals surface area contributed by atoms with Crippen molar-refractivity contribution >= 4 is 11.6 Å². The largest absolute Gasteiger partial charge is 0.379 e. The fraction of sp³-hybridized carbons (Fsp3) is 0.600. The van der Waals surface area contributed by atoms with E-state index >= 15 is 0 Å². The van der Waals surface area contributed by atoms with Gasteiger partial charge in [-0.05, 0) is 0 Å². The lowest BCUT2D eigenvalue weighted by Gasteiger charge is -2.30. The number of nitriles is 1. The molecule has 86 valence electrons. The van der Waals surface area contributed by atoms with Crippen molar-refractivity contribution in [1.29, 1.82) is 5.26 Å². The van der Waals surface area contributed by atoms with Gasteiger partial charge in [0.05, 0.1) is 31.3 Å². The van der Waals surface area contributed by atoms with Crippen LogP contribution in [0.15, 0.2) is 6.33 Å². The van der Waals surface area contributed by atoms with Gasteiger partial charge in [0, 0.05) is 20.1 Å². The van der Waals surface area contributed by atoms with E-state index in [9.17, 15) is 5.26 Å². The summed E-state index contributed by atoms with van der Waals surface area (Å²) in [5.41, 5.74) is 0.756. The minimum absolute atomic E-state index is 0.344. The van der Waals surface area contributed by atoms with Gasteiger partial charge in [0.1, 0.15) is 6.04 Å². The lowest BCUT2D eigenvalue weighted by atomic mass is 10.2. The van der Waals surface area contributed by atoms with Crippen molar-refractivity contribution < 1.29 is 4.74 Å². The zero-order valence-corrected chi connectivity index (χ0v) is 9.81. The average molecular weight is 241 g/mol. The van der Waals surface area contributed by atoms with E-state index < -0.39 is 0 Å². The van der Waals surface area contributed by atoms with Gasteiger partial charge in [0.15, 0.2) is 5.15 Å². The Balaban J connectivity index is 2.25. The number of morpholine rings is 1. The van der Waals surface area contributed by atoms with Crippen LogP contribution in [0.5, 0.6) is 0 Å². The Morgan fingerprint density at radius 2 is 2.25 bits per heavy atom. The minimum atomic E-state index is -0.344. The van der Waals surface area contributed by atoms with E-state index in [1.165, 1.54) is 0 Å². The molecule has 1 aromatic rings. The van der Waals surface area contributed by atoms with Crippen molar-refractivity contribution in [3.63, 3.8) is 0 Å². The fourth-order valence-electron chi connectivity index (χ4n) is 1.87. The van der Waals surface area contributed by atoms with Crippen molar-refractivity contribution in [2.24, 2.45) is 7.05 Å². The number of aromatic nitrogens is 2. The van der Waals surface area contributed by atoms with Crippen molar-refractivity contribution in [3.05, 3.63) is 17.2 Å². The summed E-state index contributed by atoms with van der Waals surface area (Å²) >= 11 is 6.00. The van der Waals surface area contributed by atoms with Crippen molar-refractivity contribution in [2.75, 3.05) is 26.3 Å². The van der Waals surface area contributed by atoms with Crippen LogP contribution in [0.4, 0.5) is 0 Å². The van der Waals surface area contributed by atoms with E-state index in [0.29, 0.717) is 18.4 Å². The number of imidazole rings is 1. The summed E-state index contributed by atoms with van der Waals surface area (Å²) < 4.78 is 7.06. The standard InChI is InChI=1S/C10H13ClN4O/c1-14-7-13-10(11)9(14)8(6-12)15-2-4-16-5-3-15/h7-8H,2-5H2,1H3. The van der Waals surface area contributed by atoms with E-state index in [1.807, 2.05) is 7.05 Å². The molecule has 1 fully saturated rings. The van der Waals surface area contributed by atoms with Crippen molar-refractivity contribution in [3.8, 4) is 6.07 Å². The van der Waals surface area contributed by atoms with Crippen molar-refractivity contribution in [1.82, 2.24) is 14.5 Å². The molecule has 1 aliphatic rings. The van der Waals surface area contributed by atoms with Crippen LogP contribution in [0.25, 0.3) is 0 Å². The van der Waals surface area contributed by atoms with Gasteiger partial charge < -0.3 is 9.30 Å². The Bertz CT molecular complexity index is 386. The second kappa shape index (κ2) is 4.83. The van der Waals surface area contributed by atoms with Crippen LogP contribution in [0.3, 0.4) is 0 Å². The Kier molecular flexibility index (Phi) is 3.44. The van der Waals surface area contributed by atoms with E-state index in [0.717, 1.165) is 18.8 Å². The van der Waals surface area contributed by atoms with Crippen LogP contribution in [0.2, 0.25) is 5.15 Å². The van der Waals surface area contributed by atoms with Crippen LogP contribution in [-0.2, 0) is 11.8 Å². The van der Waals surface area contributed by atoms with E-state index in [2.05, 4.69) is 16.0 Å². The fourth-order valence-corrected chi connectivity index (χ4v) is 2.15. The minimum Gasteiger partial charge on any atom is -0.379 e. The highest BCUT2D eigenvalue weighted by molar-refractivity contribution is 6.30. The summed E-state index contributed by atoms with van der Waals surface area (Å²) in [6.07, 6.45) is 1.63. The normalized spacial score (nSPS) is 19.3. The third-order valence-electron chi connectivity index (χ3n) is 2.73. The third kappa shape index (κ3) is 2.05. The zero-order chi connectivity index (χ0) is 11.5. The molecule has 0 radical (unpaired) electrons. The molecule has 0 saturated carbocycles. The molecule has 5 nitrogen and oxygen atoms in total. The molecule has 0 spiro atoms. The first kappa shape index (κ1) is 11.4. The summed E-state index contributed by atoms with van der Waals surface area (Å²) in [6.45, 7) is 2.82. The smallest absolute Gasteiger partial charge is 0.152 e. The number of ether oxygens (including phenoxy) is 1. The highest BCUT2D eigenvalue weighted by Crippen LogP contribution is 2.26. The predicted molar refractivity (Wildman–Crippen MR) is 59.0 cm³/mol. The highest BCUT2D eigenvalue weighted by Gasteiger charge is 2.26. The summed E-state index contributed by atoms with van der Waals surface area (Å²) in [5, 5.41) is 9.67. The van der Waals surface area contributed by atoms with E-state index in [-0.39, 0.29) is 6.04 Å². The summed E-state index contributed by atoms with van der Waals surface area (Å²) in [7, 11) is 1.85. The molecule has 0 bridgehead atoms. The predicted octanol–water partition coefficient (Wildman–Crippen LogP) is 0.970. The quantitative estimate of drug-likeness (QED) is 0.773. The SMILES string of the molecule is Cn1cnc(Cl)c1C(C#N)N1CCOCC1. The van der Waals surface area contributed by atoms with Gasteiger partial charge in [-0.25, -0.2) is 4.98 Å². The maximum Gasteiger partial charge on any atom is 0.152 e. The van der Waals surface area contributed by atoms with Gasteiger partial charge in [-0.3, -0.25) is 4.90 Å². The maximum atomic E-state index is 9.27. The maximum absolute atomic E-state index is 9.27. The monoisotopic (exact) mass is 240 g/mol.